The molecule has 4 aromatic rings. The van der Waals surface area contributed by atoms with E-state index in [1.807, 2.05) is 32.0 Å². The highest BCUT2D eigenvalue weighted by atomic mass is 19.1. The fraction of sp³-hybridized carbons (Fsp3) is 0.100. The maximum absolute atomic E-state index is 13.3. The van der Waals surface area contributed by atoms with E-state index < -0.39 is 17.4 Å². The van der Waals surface area contributed by atoms with E-state index in [1.54, 1.807) is 0 Å². The number of carbonyl (C=O) groups excluding carboxylic acids is 1. The summed E-state index contributed by atoms with van der Waals surface area (Å²) in [5, 5.41) is 0. The summed E-state index contributed by atoms with van der Waals surface area (Å²) < 4.78 is 14.6. The molecule has 3 N–H and O–H groups in total. The molecule has 0 fully saturated rings. The first-order chi connectivity index (χ1) is 13.3. The number of nitrogens with zero attached hydrogens (tertiary/aromatic N) is 3. The first-order valence-electron chi connectivity index (χ1n) is 8.51. The molecular weight excluding hydrogens is 361 g/mol. The Labute approximate surface area is 158 Å². The molecule has 0 aliphatic rings. The van der Waals surface area contributed by atoms with Crippen molar-refractivity contribution in [1.29, 1.82) is 0 Å². The third kappa shape index (κ3) is 2.84. The van der Waals surface area contributed by atoms with Gasteiger partial charge in [-0.15, -0.1) is 0 Å². The third-order valence-corrected chi connectivity index (χ3v) is 4.48. The Morgan fingerprint density at radius 2 is 1.82 bits per heavy atom. The number of imidazole rings is 1. The molecule has 0 radical (unpaired) electrons. The fourth-order valence-electron chi connectivity index (χ4n) is 3.18. The van der Waals surface area contributed by atoms with Crippen LogP contribution in [-0.4, -0.2) is 25.4 Å². The van der Waals surface area contributed by atoms with Crippen molar-refractivity contribution in [3.05, 3.63) is 75.6 Å². The molecule has 2 aromatic heterocycles. The van der Waals surface area contributed by atoms with Gasteiger partial charge in [0.25, 0.3) is 5.91 Å². The minimum Gasteiger partial charge on any atom is -0.364 e. The smallest absolute Gasteiger partial charge is 0.332 e. The molecule has 7 nitrogen and oxygen atoms in total. The second-order valence-corrected chi connectivity index (χ2v) is 6.52. The van der Waals surface area contributed by atoms with Crippen molar-refractivity contribution in [2.24, 2.45) is 5.73 Å². The molecule has 8 heteroatoms. The van der Waals surface area contributed by atoms with Gasteiger partial charge >= 0.3 is 5.69 Å². The quantitative estimate of drug-likeness (QED) is 0.572. The van der Waals surface area contributed by atoms with Gasteiger partial charge in [-0.2, -0.15) is 0 Å². The normalized spacial score (nSPS) is 11.1. The average molecular weight is 377 g/mol. The van der Waals surface area contributed by atoms with Crippen LogP contribution < -0.4 is 11.4 Å². The van der Waals surface area contributed by atoms with Gasteiger partial charge in [-0.25, -0.2) is 23.7 Å². The topological polar surface area (TPSA) is 107 Å². The van der Waals surface area contributed by atoms with E-state index >= 15 is 0 Å². The zero-order valence-electron chi connectivity index (χ0n) is 15.2. The number of halogens is 1. The first kappa shape index (κ1) is 17.6. The predicted octanol–water partition coefficient (Wildman–Crippen LogP) is 2.63. The van der Waals surface area contributed by atoms with E-state index in [4.69, 9.17) is 5.73 Å². The van der Waals surface area contributed by atoms with Gasteiger partial charge in [0.15, 0.2) is 17.2 Å². The van der Waals surface area contributed by atoms with E-state index in [1.165, 1.54) is 28.8 Å². The largest absolute Gasteiger partial charge is 0.364 e. The van der Waals surface area contributed by atoms with E-state index in [0.29, 0.717) is 11.3 Å². The Bertz CT molecular complexity index is 1290. The highest BCUT2D eigenvalue weighted by Crippen LogP contribution is 2.25. The van der Waals surface area contributed by atoms with Crippen LogP contribution in [-0.2, 0) is 0 Å². The van der Waals surface area contributed by atoms with Crippen LogP contribution in [0.2, 0.25) is 0 Å². The molecule has 140 valence electrons. The number of nitrogens with one attached hydrogen (secondary N) is 1. The summed E-state index contributed by atoms with van der Waals surface area (Å²) in [6.07, 6.45) is 0. The van der Waals surface area contributed by atoms with Crippen molar-refractivity contribution in [2.45, 2.75) is 13.8 Å². The van der Waals surface area contributed by atoms with Crippen LogP contribution in [0.15, 0.2) is 47.3 Å². The number of hydrogen-bond acceptors (Lipinski definition) is 4. The van der Waals surface area contributed by atoms with E-state index in [9.17, 15) is 14.0 Å². The van der Waals surface area contributed by atoms with Crippen LogP contribution >= 0.6 is 0 Å². The molecule has 1 amide bonds. The third-order valence-electron chi connectivity index (χ3n) is 4.48. The summed E-state index contributed by atoms with van der Waals surface area (Å²) in [7, 11) is 0. The monoisotopic (exact) mass is 377 g/mol. The van der Waals surface area contributed by atoms with Crippen LogP contribution in [0.3, 0.4) is 0 Å². The zero-order chi connectivity index (χ0) is 20.0. The lowest BCUT2D eigenvalue weighted by Crippen LogP contribution is -2.15. The average Bonchev–Trinajstić information content (AvgIpc) is 2.97. The molecule has 0 unspecified atom stereocenters. The Balaban J connectivity index is 2.06. The van der Waals surface area contributed by atoms with Gasteiger partial charge in [-0.3, -0.25) is 4.79 Å². The number of amides is 1. The lowest BCUT2D eigenvalue weighted by Gasteiger charge is -2.09. The Morgan fingerprint density at radius 3 is 2.46 bits per heavy atom. The van der Waals surface area contributed by atoms with Crippen molar-refractivity contribution in [3.8, 4) is 17.1 Å². The van der Waals surface area contributed by atoms with Crippen molar-refractivity contribution in [3.63, 3.8) is 0 Å². The molecule has 2 aromatic carbocycles. The summed E-state index contributed by atoms with van der Waals surface area (Å²) in [6.45, 7) is 3.87. The molecule has 0 saturated heterocycles. The number of benzene rings is 2. The van der Waals surface area contributed by atoms with Gasteiger partial charge in [0.1, 0.15) is 11.3 Å². The van der Waals surface area contributed by atoms with Gasteiger partial charge in [0.05, 0.1) is 5.69 Å². The first-order valence-corrected chi connectivity index (χ1v) is 8.51. The summed E-state index contributed by atoms with van der Waals surface area (Å²) >= 11 is 0. The number of aromatic nitrogens is 4. The summed E-state index contributed by atoms with van der Waals surface area (Å²) in [6, 6.07) is 11.1. The Kier molecular flexibility index (Phi) is 4.03. The Morgan fingerprint density at radius 1 is 1.11 bits per heavy atom. The number of nitrogens with two attached hydrogens (primary N) is 1. The lowest BCUT2D eigenvalue weighted by atomic mass is 10.1. The summed E-state index contributed by atoms with van der Waals surface area (Å²) in [5.41, 5.74) is 8.31. The molecule has 0 saturated carbocycles. The van der Waals surface area contributed by atoms with E-state index in [-0.39, 0.29) is 22.7 Å². The second-order valence-electron chi connectivity index (χ2n) is 6.52. The van der Waals surface area contributed by atoms with E-state index in [0.717, 1.165) is 11.1 Å². The molecule has 0 aliphatic carbocycles. The maximum atomic E-state index is 13.3. The van der Waals surface area contributed by atoms with Gasteiger partial charge in [0.2, 0.25) is 0 Å². The summed E-state index contributed by atoms with van der Waals surface area (Å²) in [4.78, 5) is 35.9. The Hall–Kier alpha value is -3.81. The summed E-state index contributed by atoms with van der Waals surface area (Å²) in [5.74, 6) is -0.945. The number of H-pyrrole nitrogens is 1. The highest BCUT2D eigenvalue weighted by molar-refractivity contribution is 6.02. The second kappa shape index (κ2) is 6.41. The van der Waals surface area contributed by atoms with E-state index in [2.05, 4.69) is 15.0 Å². The van der Waals surface area contributed by atoms with Crippen LogP contribution in [0.1, 0.15) is 21.6 Å². The molecule has 0 aliphatic heterocycles. The van der Waals surface area contributed by atoms with Crippen LogP contribution in [0.4, 0.5) is 4.39 Å². The number of aromatic amines is 1. The van der Waals surface area contributed by atoms with Gasteiger partial charge in [-0.05, 0) is 43.7 Å². The molecule has 0 bridgehead atoms. The lowest BCUT2D eigenvalue weighted by molar-refractivity contribution is 0.0997. The molecular formula is C20H16FN5O2. The van der Waals surface area contributed by atoms with Crippen LogP contribution in [0.5, 0.6) is 0 Å². The number of fused-ring (bicyclic) bond motifs is 1. The maximum Gasteiger partial charge on any atom is 0.332 e. The highest BCUT2D eigenvalue weighted by Gasteiger charge is 2.20. The van der Waals surface area contributed by atoms with Crippen LogP contribution in [0, 0.1) is 19.7 Å². The van der Waals surface area contributed by atoms with Gasteiger partial charge in [-0.1, -0.05) is 23.8 Å². The van der Waals surface area contributed by atoms with Crippen molar-refractivity contribution in [2.75, 3.05) is 0 Å². The number of aryl methyl sites for hydroxylation is 2. The SMILES string of the molecule is Cc1ccc(-c2nc(C(N)=O)c3[nH]c(=O)n(-c4ccc(F)cc4)c3n2)c(C)c1. The minimum atomic E-state index is -0.786. The fourth-order valence-corrected chi connectivity index (χ4v) is 3.18. The standard InChI is InChI=1S/C20H16FN5O2/c1-10-3-8-14(11(2)9-10)18-23-15(17(22)27)16-19(25-18)26(20(28)24-16)13-6-4-12(21)5-7-13/h3-9H,1-2H3,(H2,22,27)(H,24,28). The molecule has 28 heavy (non-hydrogen) atoms. The zero-order valence-corrected chi connectivity index (χ0v) is 15.2. The number of primary amides is 1. The predicted molar refractivity (Wildman–Crippen MR) is 103 cm³/mol. The molecule has 2 heterocycles. The molecule has 0 spiro atoms. The van der Waals surface area contributed by atoms with Gasteiger partial charge < -0.3 is 10.7 Å². The van der Waals surface area contributed by atoms with Crippen molar-refractivity contribution < 1.29 is 9.18 Å². The van der Waals surface area contributed by atoms with Crippen molar-refractivity contribution >= 4 is 17.1 Å². The number of rotatable bonds is 3. The van der Waals surface area contributed by atoms with Gasteiger partial charge in [0, 0.05) is 5.56 Å². The minimum absolute atomic E-state index is 0.0852. The molecule has 4 rings (SSSR count). The van der Waals surface area contributed by atoms with Crippen LogP contribution in [0.25, 0.3) is 28.2 Å². The number of hydrogen-bond donors (Lipinski definition) is 2. The number of carbonyl (C=O) groups is 1. The van der Waals surface area contributed by atoms with Crippen molar-refractivity contribution in [1.82, 2.24) is 19.5 Å². The molecule has 0 atom stereocenters.